The first-order valence-electron chi connectivity index (χ1n) is 9.97. The Hall–Kier alpha value is -2.93. The number of fused-ring (bicyclic) bond motifs is 2. The average Bonchev–Trinajstić information content (AvgIpc) is 3.22. The Morgan fingerprint density at radius 1 is 1.10 bits per heavy atom. The zero-order chi connectivity index (χ0) is 21.5. The van der Waals surface area contributed by atoms with Crippen molar-refractivity contribution in [3.63, 3.8) is 0 Å². The number of carbonyl (C=O) groups excluding carboxylic acids is 1. The minimum Gasteiger partial charge on any atom is -0.497 e. The third-order valence-electron chi connectivity index (χ3n) is 6.17. The van der Waals surface area contributed by atoms with E-state index in [2.05, 4.69) is 14.1 Å². The van der Waals surface area contributed by atoms with Gasteiger partial charge < -0.3 is 28.2 Å². The molecule has 2 aromatic carbocycles. The fourth-order valence-corrected chi connectivity index (χ4v) is 4.43. The average molecular weight is 414 g/mol. The maximum Gasteiger partial charge on any atom is 0.231 e. The molecule has 0 spiro atoms. The van der Waals surface area contributed by atoms with E-state index in [0.717, 1.165) is 24.1 Å². The summed E-state index contributed by atoms with van der Waals surface area (Å²) in [6.07, 6.45) is 1.18. The Bertz CT molecular complexity index is 984. The number of methoxy groups -OCH3 is 3. The van der Waals surface area contributed by atoms with Crippen molar-refractivity contribution in [3.8, 4) is 28.7 Å². The van der Waals surface area contributed by atoms with Crippen molar-refractivity contribution in [3.05, 3.63) is 41.0 Å². The van der Waals surface area contributed by atoms with Gasteiger partial charge in [0.05, 0.1) is 59.5 Å². The molecule has 0 amide bonds. The number of quaternary nitrogens is 1. The van der Waals surface area contributed by atoms with Crippen molar-refractivity contribution in [2.24, 2.45) is 0 Å². The van der Waals surface area contributed by atoms with Crippen LogP contribution in [-0.4, -0.2) is 59.0 Å². The van der Waals surface area contributed by atoms with Crippen molar-refractivity contribution >= 4 is 5.78 Å². The first kappa shape index (κ1) is 20.3. The van der Waals surface area contributed by atoms with Crippen LogP contribution in [0.1, 0.15) is 33.9 Å². The molecule has 0 bridgehead atoms. The molecule has 160 valence electrons. The predicted molar refractivity (Wildman–Crippen MR) is 111 cm³/mol. The normalized spacial score (nSPS) is 18.5. The van der Waals surface area contributed by atoms with Gasteiger partial charge in [-0.2, -0.15) is 0 Å². The Morgan fingerprint density at radius 2 is 1.90 bits per heavy atom. The quantitative estimate of drug-likeness (QED) is 0.533. The summed E-state index contributed by atoms with van der Waals surface area (Å²) in [7, 11) is 9.08. The molecule has 0 N–H and O–H groups in total. The number of Topliss-reactive ketones (excluding diaryl/α,β-unsaturated/α-hetero) is 1. The van der Waals surface area contributed by atoms with E-state index < -0.39 is 0 Å². The van der Waals surface area contributed by atoms with E-state index in [9.17, 15) is 4.79 Å². The Kier molecular flexibility index (Phi) is 5.24. The van der Waals surface area contributed by atoms with Crippen molar-refractivity contribution in [2.75, 3.05) is 48.8 Å². The molecule has 2 aromatic rings. The number of benzene rings is 2. The molecule has 1 atom stereocenters. The number of hydrogen-bond acceptors (Lipinski definition) is 6. The molecule has 0 radical (unpaired) electrons. The zero-order valence-corrected chi connectivity index (χ0v) is 18.1. The fraction of sp³-hybridized carbons (Fsp3) is 0.435. The van der Waals surface area contributed by atoms with Crippen LogP contribution in [-0.2, 0) is 6.42 Å². The van der Waals surface area contributed by atoms with Crippen LogP contribution in [0.2, 0.25) is 0 Å². The summed E-state index contributed by atoms with van der Waals surface area (Å²) in [4.78, 5) is 13.4. The number of carbonyl (C=O) groups is 1. The molecule has 0 fully saturated rings. The number of rotatable bonds is 6. The highest BCUT2D eigenvalue weighted by molar-refractivity contribution is 5.99. The standard InChI is InChI=1S/C23H28NO6/c1-24(2)9-8-14-10-20-22(30-13-29-20)23(28-5)21(14)17(24)12-18(25)16-11-15(26-3)6-7-19(16)27-4/h6-7,10-11,17H,8-9,12-13H2,1-5H3/q+1. The van der Waals surface area contributed by atoms with Crippen LogP contribution in [0, 0.1) is 0 Å². The Labute approximate surface area is 176 Å². The molecule has 7 nitrogen and oxygen atoms in total. The lowest BCUT2D eigenvalue weighted by molar-refractivity contribution is -0.922. The third kappa shape index (κ3) is 3.33. The summed E-state index contributed by atoms with van der Waals surface area (Å²) in [5.74, 6) is 3.15. The largest absolute Gasteiger partial charge is 0.497 e. The number of ether oxygens (including phenoxy) is 5. The van der Waals surface area contributed by atoms with E-state index in [1.165, 1.54) is 0 Å². The van der Waals surface area contributed by atoms with Crippen LogP contribution in [0.3, 0.4) is 0 Å². The third-order valence-corrected chi connectivity index (χ3v) is 6.17. The Balaban J connectivity index is 1.77. The lowest BCUT2D eigenvalue weighted by Gasteiger charge is -2.43. The second-order valence-electron chi connectivity index (χ2n) is 8.18. The van der Waals surface area contributed by atoms with Crippen LogP contribution < -0.4 is 23.7 Å². The first-order chi connectivity index (χ1) is 14.4. The van der Waals surface area contributed by atoms with E-state index in [1.807, 2.05) is 6.07 Å². The summed E-state index contributed by atoms with van der Waals surface area (Å²) >= 11 is 0. The highest BCUT2D eigenvalue weighted by Crippen LogP contribution is 2.51. The Morgan fingerprint density at radius 3 is 2.60 bits per heavy atom. The molecule has 0 aliphatic carbocycles. The van der Waals surface area contributed by atoms with Gasteiger partial charge in [-0.1, -0.05) is 0 Å². The topological polar surface area (TPSA) is 63.2 Å². The molecule has 2 heterocycles. The first-order valence-corrected chi connectivity index (χ1v) is 9.97. The number of ketones is 1. The summed E-state index contributed by atoms with van der Waals surface area (Å²) in [5, 5.41) is 0. The van der Waals surface area contributed by atoms with Gasteiger partial charge in [0.1, 0.15) is 17.5 Å². The molecular weight excluding hydrogens is 386 g/mol. The van der Waals surface area contributed by atoms with Crippen molar-refractivity contribution in [2.45, 2.75) is 18.9 Å². The smallest absolute Gasteiger partial charge is 0.231 e. The van der Waals surface area contributed by atoms with E-state index in [0.29, 0.717) is 45.2 Å². The van der Waals surface area contributed by atoms with Crippen molar-refractivity contribution in [1.29, 1.82) is 0 Å². The second kappa shape index (κ2) is 7.72. The summed E-state index contributed by atoms with van der Waals surface area (Å²) in [5.41, 5.74) is 2.68. The number of likely N-dealkylation sites (N-methyl/N-ethyl adjacent to an activating group) is 1. The number of hydrogen-bond donors (Lipinski definition) is 0. The molecule has 0 saturated carbocycles. The van der Waals surface area contributed by atoms with Gasteiger partial charge in [0.15, 0.2) is 17.3 Å². The maximum absolute atomic E-state index is 13.4. The zero-order valence-electron chi connectivity index (χ0n) is 18.1. The second-order valence-corrected chi connectivity index (χ2v) is 8.18. The van der Waals surface area contributed by atoms with Gasteiger partial charge in [0.2, 0.25) is 12.5 Å². The lowest BCUT2D eigenvalue weighted by atomic mass is 9.85. The maximum atomic E-state index is 13.4. The number of nitrogens with zero attached hydrogens (tertiary/aromatic N) is 1. The van der Waals surface area contributed by atoms with Gasteiger partial charge in [-0.15, -0.1) is 0 Å². The molecule has 0 aromatic heterocycles. The molecule has 2 aliphatic heterocycles. The molecule has 30 heavy (non-hydrogen) atoms. The predicted octanol–water partition coefficient (Wildman–Crippen LogP) is 3.39. The van der Waals surface area contributed by atoms with Crippen LogP contribution in [0.25, 0.3) is 0 Å². The molecule has 0 saturated heterocycles. The van der Waals surface area contributed by atoms with E-state index in [4.69, 9.17) is 23.7 Å². The SMILES string of the molecule is COc1ccc(OC)c(C(=O)CC2c3c(cc4c(c3OC)OCO4)CC[N+]2(C)C)c1. The van der Waals surface area contributed by atoms with Gasteiger partial charge in [0.25, 0.3) is 0 Å². The van der Waals surface area contributed by atoms with E-state index >= 15 is 0 Å². The lowest BCUT2D eigenvalue weighted by Crippen LogP contribution is -2.48. The molecule has 2 aliphatic rings. The van der Waals surface area contributed by atoms with E-state index in [1.54, 1.807) is 39.5 Å². The molecule has 1 unspecified atom stereocenters. The van der Waals surface area contributed by atoms with Crippen LogP contribution in [0.5, 0.6) is 28.7 Å². The fourth-order valence-electron chi connectivity index (χ4n) is 4.43. The van der Waals surface area contributed by atoms with Gasteiger partial charge in [-0.05, 0) is 29.8 Å². The van der Waals surface area contributed by atoms with E-state index in [-0.39, 0.29) is 18.6 Å². The summed E-state index contributed by atoms with van der Waals surface area (Å²) in [6.45, 7) is 1.08. The van der Waals surface area contributed by atoms with Gasteiger partial charge >= 0.3 is 0 Å². The minimum absolute atomic E-state index is 0.00507. The van der Waals surface area contributed by atoms with Crippen LogP contribution >= 0.6 is 0 Å². The summed E-state index contributed by atoms with van der Waals surface area (Å²) in [6, 6.07) is 7.22. The molecular formula is C23H28NO6+. The monoisotopic (exact) mass is 414 g/mol. The molecule has 4 rings (SSSR count). The van der Waals surface area contributed by atoms with Gasteiger partial charge in [0, 0.05) is 6.42 Å². The molecule has 7 heteroatoms. The van der Waals surface area contributed by atoms with Gasteiger partial charge in [-0.25, -0.2) is 0 Å². The van der Waals surface area contributed by atoms with Crippen molar-refractivity contribution in [1.82, 2.24) is 0 Å². The van der Waals surface area contributed by atoms with Gasteiger partial charge in [-0.3, -0.25) is 4.79 Å². The minimum atomic E-state index is -0.0957. The van der Waals surface area contributed by atoms with Crippen LogP contribution in [0.4, 0.5) is 0 Å². The van der Waals surface area contributed by atoms with Crippen LogP contribution in [0.15, 0.2) is 24.3 Å². The van der Waals surface area contributed by atoms with Crippen molar-refractivity contribution < 1.29 is 33.0 Å². The highest BCUT2D eigenvalue weighted by atomic mass is 16.7. The summed E-state index contributed by atoms with van der Waals surface area (Å²) < 4.78 is 28.5. The highest BCUT2D eigenvalue weighted by Gasteiger charge is 2.42.